The van der Waals surface area contributed by atoms with Gasteiger partial charge in [-0.2, -0.15) is 8.78 Å². The van der Waals surface area contributed by atoms with Gasteiger partial charge in [-0.1, -0.05) is 27.5 Å². The van der Waals surface area contributed by atoms with Crippen molar-refractivity contribution in [2.45, 2.75) is 6.61 Å². The summed E-state index contributed by atoms with van der Waals surface area (Å²) in [5, 5.41) is -0.202. The van der Waals surface area contributed by atoms with E-state index in [1.807, 2.05) is 0 Å². The number of hydrogen-bond acceptors (Lipinski definition) is 1. The Kier molecular flexibility index (Phi) is 3.44. The Morgan fingerprint density at radius 1 is 1.38 bits per heavy atom. The number of alkyl halides is 2. The first-order chi connectivity index (χ1) is 6.00. The molecule has 0 saturated carbocycles. The molecule has 0 bridgehead atoms. The first-order valence-electron chi connectivity index (χ1n) is 3.10. The Labute approximate surface area is 85.6 Å². The molecule has 0 spiro atoms. The van der Waals surface area contributed by atoms with E-state index in [1.54, 1.807) is 0 Å². The zero-order valence-corrected chi connectivity index (χ0v) is 8.37. The van der Waals surface area contributed by atoms with Gasteiger partial charge in [0.1, 0.15) is 0 Å². The second kappa shape index (κ2) is 4.19. The van der Waals surface area contributed by atoms with Gasteiger partial charge in [-0.15, -0.1) is 0 Å². The lowest BCUT2D eigenvalue weighted by Crippen LogP contribution is -2.04. The van der Waals surface area contributed by atoms with E-state index in [2.05, 4.69) is 20.7 Å². The van der Waals surface area contributed by atoms with E-state index in [0.717, 1.165) is 6.07 Å². The highest BCUT2D eigenvalue weighted by Gasteiger charge is 2.14. The average Bonchev–Trinajstić information content (AvgIpc) is 1.96. The lowest BCUT2D eigenvalue weighted by atomic mass is 10.3. The molecule has 0 aromatic heterocycles. The maximum Gasteiger partial charge on any atom is 0.387 e. The van der Waals surface area contributed by atoms with Crippen molar-refractivity contribution in [3.8, 4) is 5.75 Å². The van der Waals surface area contributed by atoms with Crippen LogP contribution in [0.4, 0.5) is 13.2 Å². The summed E-state index contributed by atoms with van der Waals surface area (Å²) >= 11 is 8.40. The molecule has 0 aliphatic heterocycles. The summed E-state index contributed by atoms with van der Waals surface area (Å²) in [6.45, 7) is -3.09. The third-order valence-corrected chi connectivity index (χ3v) is 1.91. The largest absolute Gasteiger partial charge is 0.430 e. The highest BCUT2D eigenvalue weighted by molar-refractivity contribution is 9.10. The lowest BCUT2D eigenvalue weighted by Gasteiger charge is -2.07. The van der Waals surface area contributed by atoms with Crippen LogP contribution in [0.5, 0.6) is 5.75 Å². The van der Waals surface area contributed by atoms with Crippen molar-refractivity contribution in [3.63, 3.8) is 0 Å². The summed E-state index contributed by atoms with van der Waals surface area (Å²) in [6, 6.07) is 2.26. The third kappa shape index (κ3) is 2.77. The molecule has 0 aliphatic carbocycles. The Morgan fingerprint density at radius 2 is 2.00 bits per heavy atom. The Hall–Kier alpha value is -0.420. The molecule has 0 atom stereocenters. The molecule has 13 heavy (non-hydrogen) atoms. The predicted octanol–water partition coefficient (Wildman–Crippen LogP) is 3.84. The van der Waals surface area contributed by atoms with Gasteiger partial charge in [-0.25, -0.2) is 4.39 Å². The fraction of sp³-hybridized carbons (Fsp3) is 0.143. The fourth-order valence-electron chi connectivity index (χ4n) is 0.731. The molecule has 0 fully saturated rings. The highest BCUT2D eigenvalue weighted by Crippen LogP contribution is 2.32. The van der Waals surface area contributed by atoms with Crippen LogP contribution >= 0.6 is 27.5 Å². The smallest absolute Gasteiger partial charge is 0.387 e. The normalized spacial score (nSPS) is 10.6. The van der Waals surface area contributed by atoms with E-state index in [4.69, 9.17) is 11.6 Å². The van der Waals surface area contributed by atoms with Crippen molar-refractivity contribution in [2.75, 3.05) is 0 Å². The van der Waals surface area contributed by atoms with Crippen LogP contribution in [0.3, 0.4) is 0 Å². The summed E-state index contributed by atoms with van der Waals surface area (Å²) < 4.78 is 40.6. The van der Waals surface area contributed by atoms with Crippen LogP contribution in [0.1, 0.15) is 0 Å². The van der Waals surface area contributed by atoms with Crippen LogP contribution in [0.15, 0.2) is 16.6 Å². The zero-order chi connectivity index (χ0) is 10.0. The van der Waals surface area contributed by atoms with Crippen molar-refractivity contribution >= 4 is 27.5 Å². The number of ether oxygens (including phenoxy) is 1. The van der Waals surface area contributed by atoms with Crippen LogP contribution < -0.4 is 4.74 Å². The van der Waals surface area contributed by atoms with Gasteiger partial charge in [0.05, 0.1) is 5.02 Å². The van der Waals surface area contributed by atoms with Crippen molar-refractivity contribution < 1.29 is 17.9 Å². The molecule has 0 unspecified atom stereocenters. The molecule has 1 aromatic carbocycles. The zero-order valence-electron chi connectivity index (χ0n) is 6.03. The summed E-state index contributed by atoms with van der Waals surface area (Å²) in [4.78, 5) is 0. The summed E-state index contributed by atoms with van der Waals surface area (Å²) in [5.41, 5.74) is 0. The quantitative estimate of drug-likeness (QED) is 0.797. The van der Waals surface area contributed by atoms with E-state index >= 15 is 0 Å². The number of rotatable bonds is 2. The minimum atomic E-state index is -3.09. The second-order valence-electron chi connectivity index (χ2n) is 2.08. The Morgan fingerprint density at radius 3 is 2.46 bits per heavy atom. The molecule has 72 valence electrons. The molecule has 0 saturated heterocycles. The Bertz CT molecular complexity index is 296. The monoisotopic (exact) mass is 274 g/mol. The van der Waals surface area contributed by atoms with E-state index < -0.39 is 18.2 Å². The topological polar surface area (TPSA) is 9.23 Å². The van der Waals surface area contributed by atoms with Gasteiger partial charge < -0.3 is 4.74 Å². The van der Waals surface area contributed by atoms with Gasteiger partial charge in [0.25, 0.3) is 0 Å². The maximum absolute atomic E-state index is 12.9. The van der Waals surface area contributed by atoms with Gasteiger partial charge in [-0.3, -0.25) is 0 Å². The number of halogens is 5. The molecular formula is C7H3BrClF3O. The standard InChI is InChI=1S/C7H3BrClF3O/c8-3-1-4(9)6(5(10)2-3)13-7(11)12/h1-2,7H. The fourth-order valence-corrected chi connectivity index (χ4v) is 1.54. The summed E-state index contributed by atoms with van der Waals surface area (Å²) in [6.07, 6.45) is 0. The minimum Gasteiger partial charge on any atom is -0.430 e. The van der Waals surface area contributed by atoms with Gasteiger partial charge in [0.15, 0.2) is 11.6 Å². The lowest BCUT2D eigenvalue weighted by molar-refractivity contribution is -0.0521. The van der Waals surface area contributed by atoms with Crippen LogP contribution in [0, 0.1) is 5.82 Å². The van der Waals surface area contributed by atoms with E-state index in [1.165, 1.54) is 6.07 Å². The van der Waals surface area contributed by atoms with Gasteiger partial charge in [0, 0.05) is 4.47 Å². The number of benzene rings is 1. The molecule has 1 rings (SSSR count). The first kappa shape index (κ1) is 10.7. The van der Waals surface area contributed by atoms with Crippen molar-refractivity contribution in [1.29, 1.82) is 0 Å². The van der Waals surface area contributed by atoms with Crippen LogP contribution in [0.25, 0.3) is 0 Å². The molecule has 1 nitrogen and oxygen atoms in total. The van der Waals surface area contributed by atoms with Crippen molar-refractivity contribution in [3.05, 3.63) is 27.4 Å². The summed E-state index contributed by atoms with van der Waals surface area (Å²) in [5.74, 6) is -1.57. The molecule has 0 heterocycles. The molecule has 1 aromatic rings. The molecule has 0 N–H and O–H groups in total. The van der Waals surface area contributed by atoms with Crippen molar-refractivity contribution in [2.24, 2.45) is 0 Å². The van der Waals surface area contributed by atoms with Crippen LogP contribution in [-0.2, 0) is 0 Å². The second-order valence-corrected chi connectivity index (χ2v) is 3.40. The van der Waals surface area contributed by atoms with Crippen LogP contribution in [-0.4, -0.2) is 6.61 Å². The van der Waals surface area contributed by atoms with Gasteiger partial charge >= 0.3 is 6.61 Å². The highest BCUT2D eigenvalue weighted by atomic mass is 79.9. The predicted molar refractivity (Wildman–Crippen MR) is 45.7 cm³/mol. The molecular weight excluding hydrogens is 272 g/mol. The molecule has 0 aliphatic rings. The van der Waals surface area contributed by atoms with Crippen molar-refractivity contribution in [1.82, 2.24) is 0 Å². The Balaban J connectivity index is 3.06. The van der Waals surface area contributed by atoms with E-state index in [0.29, 0.717) is 4.47 Å². The average molecular weight is 275 g/mol. The van der Waals surface area contributed by atoms with Crippen LogP contribution in [0.2, 0.25) is 5.02 Å². The maximum atomic E-state index is 12.9. The molecule has 0 radical (unpaired) electrons. The minimum absolute atomic E-state index is 0.202. The molecule has 6 heteroatoms. The SMILES string of the molecule is Fc1cc(Br)cc(Cl)c1OC(F)F. The first-order valence-corrected chi connectivity index (χ1v) is 4.27. The molecule has 0 amide bonds. The van der Waals surface area contributed by atoms with E-state index in [9.17, 15) is 13.2 Å². The summed E-state index contributed by atoms with van der Waals surface area (Å²) in [7, 11) is 0. The number of hydrogen-bond donors (Lipinski definition) is 0. The van der Waals surface area contributed by atoms with E-state index in [-0.39, 0.29) is 5.02 Å². The third-order valence-electron chi connectivity index (χ3n) is 1.17. The van der Waals surface area contributed by atoms with Gasteiger partial charge in [0.2, 0.25) is 0 Å². The van der Waals surface area contributed by atoms with Gasteiger partial charge in [-0.05, 0) is 12.1 Å².